The maximum absolute atomic E-state index is 11.6. The Morgan fingerprint density at radius 1 is 1.40 bits per heavy atom. The highest BCUT2D eigenvalue weighted by Gasteiger charge is 2.22. The van der Waals surface area contributed by atoms with Crippen LogP contribution >= 0.6 is 11.6 Å². The van der Waals surface area contributed by atoms with E-state index in [1.807, 2.05) is 19.1 Å². The lowest BCUT2D eigenvalue weighted by Crippen LogP contribution is -2.37. The number of benzene rings is 1. The predicted molar refractivity (Wildman–Crippen MR) is 79.4 cm³/mol. The molecule has 0 heterocycles. The first-order chi connectivity index (χ1) is 9.54. The zero-order valence-electron chi connectivity index (χ0n) is 11.3. The average Bonchev–Trinajstić information content (AvgIpc) is 3.21. The predicted octanol–water partition coefficient (Wildman–Crippen LogP) is 2.06. The molecule has 1 aliphatic rings. The molecule has 20 heavy (non-hydrogen) atoms. The first-order valence-electron chi connectivity index (χ1n) is 6.56. The van der Waals surface area contributed by atoms with Crippen LogP contribution in [0.4, 0.5) is 0 Å². The summed E-state index contributed by atoms with van der Waals surface area (Å²) in [6, 6.07) is 5.87. The van der Waals surface area contributed by atoms with Crippen LogP contribution in [0.1, 0.15) is 24.0 Å². The van der Waals surface area contributed by atoms with Crippen molar-refractivity contribution >= 4 is 29.5 Å². The number of hydrogen-bond acceptors (Lipinski definition) is 2. The van der Waals surface area contributed by atoms with E-state index >= 15 is 0 Å². The average molecular weight is 293 g/mol. The molecular weight excluding hydrogens is 276 g/mol. The van der Waals surface area contributed by atoms with Gasteiger partial charge in [-0.2, -0.15) is 0 Å². The van der Waals surface area contributed by atoms with E-state index in [0.717, 1.165) is 24.0 Å². The Hall–Kier alpha value is -1.81. The first kappa shape index (κ1) is 14.6. The van der Waals surface area contributed by atoms with E-state index in [0.29, 0.717) is 11.1 Å². The molecule has 1 fully saturated rings. The van der Waals surface area contributed by atoms with E-state index in [1.165, 1.54) is 6.08 Å². The lowest BCUT2D eigenvalue weighted by Gasteiger charge is -2.03. The number of hydrogen-bond donors (Lipinski definition) is 2. The number of aryl methyl sites for hydroxylation is 1. The minimum absolute atomic E-state index is 0.00826. The molecule has 0 spiro atoms. The van der Waals surface area contributed by atoms with Crippen molar-refractivity contribution in [3.8, 4) is 0 Å². The van der Waals surface area contributed by atoms with Crippen molar-refractivity contribution in [2.45, 2.75) is 25.8 Å². The number of carbonyl (C=O) groups excluding carboxylic acids is 2. The van der Waals surface area contributed by atoms with Crippen LogP contribution in [0.15, 0.2) is 24.3 Å². The van der Waals surface area contributed by atoms with Gasteiger partial charge in [-0.3, -0.25) is 9.59 Å². The summed E-state index contributed by atoms with van der Waals surface area (Å²) in [5.41, 5.74) is 1.84. The van der Waals surface area contributed by atoms with Crippen molar-refractivity contribution < 1.29 is 9.59 Å². The van der Waals surface area contributed by atoms with Crippen LogP contribution < -0.4 is 10.6 Å². The van der Waals surface area contributed by atoms with Gasteiger partial charge in [-0.1, -0.05) is 23.7 Å². The van der Waals surface area contributed by atoms with Gasteiger partial charge in [-0.25, -0.2) is 0 Å². The molecular formula is C15H17ClN2O2. The minimum atomic E-state index is -0.298. The number of nitrogens with one attached hydrogen (secondary N) is 2. The van der Waals surface area contributed by atoms with E-state index in [1.54, 1.807) is 12.1 Å². The fourth-order valence-electron chi connectivity index (χ4n) is 1.62. The molecule has 2 rings (SSSR count). The van der Waals surface area contributed by atoms with E-state index < -0.39 is 0 Å². The van der Waals surface area contributed by atoms with Crippen molar-refractivity contribution in [1.82, 2.24) is 10.6 Å². The van der Waals surface area contributed by atoms with Crippen LogP contribution in [0.2, 0.25) is 5.02 Å². The number of carbonyl (C=O) groups is 2. The third kappa shape index (κ3) is 4.70. The zero-order chi connectivity index (χ0) is 14.5. The summed E-state index contributed by atoms with van der Waals surface area (Å²) in [7, 11) is 0. The number of rotatable bonds is 5. The fourth-order valence-corrected chi connectivity index (χ4v) is 1.81. The molecule has 0 unspecified atom stereocenters. The van der Waals surface area contributed by atoms with Gasteiger partial charge < -0.3 is 10.6 Å². The van der Waals surface area contributed by atoms with Gasteiger partial charge in [-0.05, 0) is 43.0 Å². The second kappa shape index (κ2) is 6.57. The smallest absolute Gasteiger partial charge is 0.244 e. The van der Waals surface area contributed by atoms with Crippen molar-refractivity contribution in [2.75, 3.05) is 6.54 Å². The molecule has 1 aromatic rings. The Labute approximate surface area is 123 Å². The molecule has 1 aromatic carbocycles. The van der Waals surface area contributed by atoms with Crippen LogP contribution in [0, 0.1) is 6.92 Å². The van der Waals surface area contributed by atoms with E-state index in [9.17, 15) is 9.59 Å². The van der Waals surface area contributed by atoms with Crippen molar-refractivity contribution in [3.05, 3.63) is 40.4 Å². The summed E-state index contributed by atoms with van der Waals surface area (Å²) in [5, 5.41) is 6.01. The summed E-state index contributed by atoms with van der Waals surface area (Å²) >= 11 is 6.00. The summed E-state index contributed by atoms with van der Waals surface area (Å²) < 4.78 is 0. The molecule has 2 amide bonds. The SMILES string of the molecule is Cc1ccc(/C=C/C(=O)NCC(=O)NC2CC2)cc1Cl. The highest BCUT2D eigenvalue weighted by atomic mass is 35.5. The molecule has 106 valence electrons. The molecule has 0 radical (unpaired) electrons. The van der Waals surface area contributed by atoms with Gasteiger partial charge in [0, 0.05) is 17.1 Å². The van der Waals surface area contributed by atoms with Gasteiger partial charge in [0.25, 0.3) is 0 Å². The Morgan fingerprint density at radius 3 is 2.80 bits per heavy atom. The molecule has 2 N–H and O–H groups in total. The van der Waals surface area contributed by atoms with Gasteiger partial charge >= 0.3 is 0 Å². The van der Waals surface area contributed by atoms with Gasteiger partial charge in [-0.15, -0.1) is 0 Å². The summed E-state index contributed by atoms with van der Waals surface area (Å²) in [4.78, 5) is 23.0. The fraction of sp³-hybridized carbons (Fsp3) is 0.333. The molecule has 0 bridgehead atoms. The summed E-state index contributed by atoms with van der Waals surface area (Å²) in [6.45, 7) is 1.93. The largest absolute Gasteiger partial charge is 0.352 e. The first-order valence-corrected chi connectivity index (χ1v) is 6.94. The molecule has 5 heteroatoms. The third-order valence-corrected chi connectivity index (χ3v) is 3.40. The van der Waals surface area contributed by atoms with Gasteiger partial charge in [0.15, 0.2) is 0 Å². The maximum Gasteiger partial charge on any atom is 0.244 e. The molecule has 0 aliphatic heterocycles. The Balaban J connectivity index is 1.79. The summed E-state index contributed by atoms with van der Waals surface area (Å²) in [5.74, 6) is -0.444. The van der Waals surface area contributed by atoms with Gasteiger partial charge in [0.05, 0.1) is 6.54 Å². The molecule has 4 nitrogen and oxygen atoms in total. The molecule has 0 aromatic heterocycles. The molecule has 1 saturated carbocycles. The van der Waals surface area contributed by atoms with Crippen molar-refractivity contribution in [1.29, 1.82) is 0 Å². The molecule has 0 saturated heterocycles. The van der Waals surface area contributed by atoms with Crippen LogP contribution in [0.25, 0.3) is 6.08 Å². The van der Waals surface area contributed by atoms with Crippen molar-refractivity contribution in [3.63, 3.8) is 0 Å². The highest BCUT2D eigenvalue weighted by molar-refractivity contribution is 6.31. The Bertz CT molecular complexity index is 551. The van der Waals surface area contributed by atoms with E-state index in [4.69, 9.17) is 11.6 Å². The van der Waals surface area contributed by atoms with Crippen LogP contribution in [-0.4, -0.2) is 24.4 Å². The van der Waals surface area contributed by atoms with E-state index in [-0.39, 0.29) is 18.4 Å². The quantitative estimate of drug-likeness (QED) is 0.816. The van der Waals surface area contributed by atoms with Crippen LogP contribution in [0.5, 0.6) is 0 Å². The minimum Gasteiger partial charge on any atom is -0.352 e. The number of halogens is 1. The topological polar surface area (TPSA) is 58.2 Å². The zero-order valence-corrected chi connectivity index (χ0v) is 12.0. The Kier molecular flexibility index (Phi) is 4.79. The van der Waals surface area contributed by atoms with Crippen LogP contribution in [-0.2, 0) is 9.59 Å². The second-order valence-electron chi connectivity index (χ2n) is 4.90. The highest BCUT2D eigenvalue weighted by Crippen LogP contribution is 2.18. The van der Waals surface area contributed by atoms with Gasteiger partial charge in [0.2, 0.25) is 11.8 Å². The molecule has 1 aliphatic carbocycles. The van der Waals surface area contributed by atoms with E-state index in [2.05, 4.69) is 10.6 Å². The standard InChI is InChI=1S/C15H17ClN2O2/c1-10-2-3-11(8-13(10)16)4-7-14(19)17-9-15(20)18-12-5-6-12/h2-4,7-8,12H,5-6,9H2,1H3,(H,17,19)(H,18,20)/b7-4+. The lowest BCUT2D eigenvalue weighted by molar-refractivity contribution is -0.124. The lowest BCUT2D eigenvalue weighted by atomic mass is 10.1. The Morgan fingerprint density at radius 2 is 2.15 bits per heavy atom. The monoisotopic (exact) mass is 292 g/mol. The van der Waals surface area contributed by atoms with Gasteiger partial charge in [0.1, 0.15) is 0 Å². The molecule has 0 atom stereocenters. The maximum atomic E-state index is 11.6. The third-order valence-electron chi connectivity index (χ3n) is 2.99. The number of amides is 2. The van der Waals surface area contributed by atoms with Crippen LogP contribution in [0.3, 0.4) is 0 Å². The second-order valence-corrected chi connectivity index (χ2v) is 5.31. The van der Waals surface area contributed by atoms with Crippen molar-refractivity contribution in [2.24, 2.45) is 0 Å². The normalized spacial score (nSPS) is 14.3. The summed E-state index contributed by atoms with van der Waals surface area (Å²) in [6.07, 6.45) is 5.13.